The summed E-state index contributed by atoms with van der Waals surface area (Å²) < 4.78 is 5.70. The van der Waals surface area contributed by atoms with Gasteiger partial charge in [-0.15, -0.1) is 0 Å². The molecular formula is C15H18N2O. The van der Waals surface area contributed by atoms with Crippen molar-refractivity contribution >= 4 is 10.9 Å². The van der Waals surface area contributed by atoms with Crippen molar-refractivity contribution in [1.82, 2.24) is 10.3 Å². The van der Waals surface area contributed by atoms with Crippen molar-refractivity contribution in [2.75, 3.05) is 19.7 Å². The monoisotopic (exact) mass is 242 g/mol. The fourth-order valence-corrected chi connectivity index (χ4v) is 2.36. The van der Waals surface area contributed by atoms with Crippen LogP contribution in [0, 0.1) is 0 Å². The third-order valence-electron chi connectivity index (χ3n) is 3.38. The van der Waals surface area contributed by atoms with E-state index in [1.807, 2.05) is 12.1 Å². The van der Waals surface area contributed by atoms with Gasteiger partial charge >= 0.3 is 0 Å². The molecule has 1 atom stereocenters. The van der Waals surface area contributed by atoms with Gasteiger partial charge in [-0.2, -0.15) is 0 Å². The van der Waals surface area contributed by atoms with E-state index in [1.165, 1.54) is 5.39 Å². The summed E-state index contributed by atoms with van der Waals surface area (Å²) in [6.45, 7) is 2.77. The van der Waals surface area contributed by atoms with Crippen LogP contribution >= 0.6 is 0 Å². The first kappa shape index (κ1) is 11.6. The van der Waals surface area contributed by atoms with Crippen molar-refractivity contribution < 1.29 is 4.74 Å². The van der Waals surface area contributed by atoms with Gasteiger partial charge in [0.25, 0.3) is 0 Å². The first-order valence-corrected chi connectivity index (χ1v) is 6.59. The standard InChI is InChI=1S/C15H18N2O/c1-2-4-15-12(3-1)5-6-13(17-15)7-8-14-11-16-9-10-18-14/h1-6,14,16H,7-11H2. The van der Waals surface area contributed by atoms with Crippen LogP contribution in [0.25, 0.3) is 10.9 Å². The predicted molar refractivity (Wildman–Crippen MR) is 72.7 cm³/mol. The quantitative estimate of drug-likeness (QED) is 0.895. The van der Waals surface area contributed by atoms with Crippen LogP contribution in [0.15, 0.2) is 36.4 Å². The van der Waals surface area contributed by atoms with Gasteiger partial charge in [-0.25, -0.2) is 0 Å². The molecule has 1 unspecified atom stereocenters. The van der Waals surface area contributed by atoms with Crippen LogP contribution in [0.3, 0.4) is 0 Å². The SMILES string of the molecule is c1ccc2nc(CCC3CNCCO3)ccc2c1. The van der Waals surface area contributed by atoms with Gasteiger partial charge in [0.2, 0.25) is 0 Å². The number of aromatic nitrogens is 1. The van der Waals surface area contributed by atoms with Gasteiger partial charge in [0.1, 0.15) is 0 Å². The summed E-state index contributed by atoms with van der Waals surface area (Å²) in [7, 11) is 0. The van der Waals surface area contributed by atoms with Crippen molar-refractivity contribution in [3.8, 4) is 0 Å². The second kappa shape index (κ2) is 5.46. The van der Waals surface area contributed by atoms with E-state index in [0.717, 1.165) is 43.7 Å². The van der Waals surface area contributed by atoms with Gasteiger partial charge < -0.3 is 10.1 Å². The maximum absolute atomic E-state index is 5.70. The number of para-hydroxylation sites is 1. The smallest absolute Gasteiger partial charge is 0.0705 e. The normalized spacial score (nSPS) is 20.1. The van der Waals surface area contributed by atoms with Crippen LogP contribution in [0.5, 0.6) is 0 Å². The van der Waals surface area contributed by atoms with E-state index in [1.54, 1.807) is 0 Å². The summed E-state index contributed by atoms with van der Waals surface area (Å²) in [4.78, 5) is 4.68. The summed E-state index contributed by atoms with van der Waals surface area (Å²) in [5, 5.41) is 4.56. The fraction of sp³-hybridized carbons (Fsp3) is 0.400. The van der Waals surface area contributed by atoms with Crippen molar-refractivity contribution in [2.45, 2.75) is 18.9 Å². The lowest BCUT2D eigenvalue weighted by molar-refractivity contribution is 0.0237. The molecule has 0 bridgehead atoms. The third-order valence-corrected chi connectivity index (χ3v) is 3.38. The molecule has 0 amide bonds. The third kappa shape index (κ3) is 2.68. The highest BCUT2D eigenvalue weighted by Gasteiger charge is 2.13. The average Bonchev–Trinajstić information content (AvgIpc) is 2.46. The number of pyridine rings is 1. The molecule has 1 aromatic carbocycles. The van der Waals surface area contributed by atoms with Gasteiger partial charge in [0.15, 0.2) is 0 Å². The van der Waals surface area contributed by atoms with Crippen molar-refractivity contribution in [3.63, 3.8) is 0 Å². The highest BCUT2D eigenvalue weighted by molar-refractivity contribution is 5.78. The molecule has 0 radical (unpaired) electrons. The van der Waals surface area contributed by atoms with E-state index in [4.69, 9.17) is 4.74 Å². The Morgan fingerprint density at radius 3 is 3.06 bits per heavy atom. The van der Waals surface area contributed by atoms with Gasteiger partial charge in [0, 0.05) is 24.2 Å². The zero-order valence-corrected chi connectivity index (χ0v) is 10.4. The number of aryl methyl sites for hydroxylation is 1. The molecule has 0 aliphatic carbocycles. The summed E-state index contributed by atoms with van der Waals surface area (Å²) in [6.07, 6.45) is 2.36. The van der Waals surface area contributed by atoms with Gasteiger partial charge in [0.05, 0.1) is 18.2 Å². The van der Waals surface area contributed by atoms with Gasteiger partial charge in [-0.1, -0.05) is 24.3 Å². The number of rotatable bonds is 3. The van der Waals surface area contributed by atoms with Gasteiger partial charge in [-0.05, 0) is 25.0 Å². The van der Waals surface area contributed by atoms with Crippen LogP contribution in [-0.4, -0.2) is 30.8 Å². The van der Waals surface area contributed by atoms with Gasteiger partial charge in [-0.3, -0.25) is 4.98 Å². The zero-order valence-electron chi connectivity index (χ0n) is 10.4. The molecule has 3 heteroatoms. The number of hydrogen-bond donors (Lipinski definition) is 1. The van der Waals surface area contributed by atoms with Crippen LogP contribution in [0.4, 0.5) is 0 Å². The minimum Gasteiger partial charge on any atom is -0.376 e. The Kier molecular flexibility index (Phi) is 3.53. The van der Waals surface area contributed by atoms with Crippen LogP contribution < -0.4 is 5.32 Å². The number of benzene rings is 1. The summed E-state index contributed by atoms with van der Waals surface area (Å²) >= 11 is 0. The molecule has 3 rings (SSSR count). The molecule has 1 saturated heterocycles. The number of morpholine rings is 1. The lowest BCUT2D eigenvalue weighted by Crippen LogP contribution is -2.38. The van der Waals surface area contributed by atoms with E-state index < -0.39 is 0 Å². The molecule has 2 heterocycles. The molecule has 94 valence electrons. The zero-order chi connectivity index (χ0) is 12.2. The lowest BCUT2D eigenvalue weighted by atomic mass is 10.1. The topological polar surface area (TPSA) is 34.2 Å². The van der Waals surface area contributed by atoms with E-state index >= 15 is 0 Å². The molecular weight excluding hydrogens is 224 g/mol. The minimum atomic E-state index is 0.340. The fourth-order valence-electron chi connectivity index (χ4n) is 2.36. The highest BCUT2D eigenvalue weighted by Crippen LogP contribution is 2.14. The minimum absolute atomic E-state index is 0.340. The maximum Gasteiger partial charge on any atom is 0.0705 e. The van der Waals surface area contributed by atoms with E-state index in [2.05, 4.69) is 34.6 Å². The van der Waals surface area contributed by atoms with Crippen molar-refractivity contribution in [3.05, 3.63) is 42.1 Å². The lowest BCUT2D eigenvalue weighted by Gasteiger charge is -2.23. The Labute approximate surface area is 107 Å². The first-order chi connectivity index (χ1) is 8.92. The molecule has 3 nitrogen and oxygen atoms in total. The van der Waals surface area contributed by atoms with Crippen LogP contribution in [-0.2, 0) is 11.2 Å². The molecule has 18 heavy (non-hydrogen) atoms. The molecule has 1 aliphatic heterocycles. The largest absolute Gasteiger partial charge is 0.376 e. The Morgan fingerprint density at radius 1 is 1.22 bits per heavy atom. The van der Waals surface area contributed by atoms with Crippen LogP contribution in [0.2, 0.25) is 0 Å². The molecule has 1 fully saturated rings. The highest BCUT2D eigenvalue weighted by atomic mass is 16.5. The molecule has 0 saturated carbocycles. The van der Waals surface area contributed by atoms with Crippen molar-refractivity contribution in [1.29, 1.82) is 0 Å². The number of ether oxygens (including phenoxy) is 1. The summed E-state index contributed by atoms with van der Waals surface area (Å²) in [5.41, 5.74) is 2.24. The molecule has 1 N–H and O–H groups in total. The summed E-state index contributed by atoms with van der Waals surface area (Å²) in [5.74, 6) is 0. The molecule has 0 spiro atoms. The van der Waals surface area contributed by atoms with Crippen LogP contribution in [0.1, 0.15) is 12.1 Å². The van der Waals surface area contributed by atoms with Crippen molar-refractivity contribution in [2.24, 2.45) is 0 Å². The molecule has 1 aliphatic rings. The first-order valence-electron chi connectivity index (χ1n) is 6.59. The summed E-state index contributed by atoms with van der Waals surface area (Å²) in [6, 6.07) is 12.5. The van der Waals surface area contributed by atoms with E-state index in [9.17, 15) is 0 Å². The molecule has 2 aromatic rings. The average molecular weight is 242 g/mol. The maximum atomic E-state index is 5.70. The van der Waals surface area contributed by atoms with E-state index in [0.29, 0.717) is 6.10 Å². The second-order valence-electron chi connectivity index (χ2n) is 4.73. The number of hydrogen-bond acceptors (Lipinski definition) is 3. The Bertz CT molecular complexity index is 521. The number of nitrogens with one attached hydrogen (secondary N) is 1. The predicted octanol–water partition coefficient (Wildman–Crippen LogP) is 2.16. The Morgan fingerprint density at radius 2 is 2.17 bits per heavy atom. The number of fused-ring (bicyclic) bond motifs is 1. The Hall–Kier alpha value is -1.45. The molecule has 1 aromatic heterocycles. The van der Waals surface area contributed by atoms with E-state index in [-0.39, 0.29) is 0 Å². The number of nitrogens with zero attached hydrogens (tertiary/aromatic N) is 1. The second-order valence-corrected chi connectivity index (χ2v) is 4.73. The Balaban J connectivity index is 1.66.